The second-order valence-corrected chi connectivity index (χ2v) is 10.6. The van der Waals surface area contributed by atoms with E-state index in [0.29, 0.717) is 0 Å². The van der Waals surface area contributed by atoms with Crippen LogP contribution in [0.4, 0.5) is 17.6 Å². The fraction of sp³-hybridized carbons (Fsp3) is 0.786. The van der Waals surface area contributed by atoms with Crippen LogP contribution in [0.15, 0.2) is 24.3 Å². The third-order valence-electron chi connectivity index (χ3n) is 8.18. The first kappa shape index (κ1) is 26.3. The molecule has 0 aliphatic heterocycles. The number of benzene rings is 1. The van der Waals surface area contributed by atoms with E-state index in [1.165, 1.54) is 95.6 Å². The van der Waals surface area contributed by atoms with Crippen LogP contribution in [0.3, 0.4) is 0 Å². The van der Waals surface area contributed by atoms with Crippen LogP contribution in [-0.2, 0) is 6.42 Å². The van der Waals surface area contributed by atoms with Gasteiger partial charge in [-0.2, -0.15) is 17.6 Å². The Morgan fingerprint density at radius 3 is 1.85 bits per heavy atom. The fourth-order valence-electron chi connectivity index (χ4n) is 6.05. The Balaban J connectivity index is 1.31. The SMILES string of the molecule is CCCCCC[C@H]1CC[C@H]([C@H]2CC[C@H](CCc3ccc(OC(F)C(F)(F)F)cc3)CC2)CC1. The summed E-state index contributed by atoms with van der Waals surface area (Å²) >= 11 is 0. The molecule has 0 saturated heterocycles. The number of ether oxygens (including phenoxy) is 1. The van der Waals surface area contributed by atoms with Gasteiger partial charge in [0.05, 0.1) is 0 Å². The summed E-state index contributed by atoms with van der Waals surface area (Å²) in [7, 11) is 0. The van der Waals surface area contributed by atoms with Crippen LogP contribution in [0.2, 0.25) is 0 Å². The molecule has 1 unspecified atom stereocenters. The number of aryl methyl sites for hydroxylation is 1. The van der Waals surface area contributed by atoms with Crippen molar-refractivity contribution in [3.8, 4) is 5.75 Å². The molecule has 1 atom stereocenters. The van der Waals surface area contributed by atoms with Gasteiger partial charge >= 0.3 is 12.5 Å². The van der Waals surface area contributed by atoms with Gasteiger partial charge in [0.25, 0.3) is 0 Å². The Bertz CT molecular complexity index is 655. The van der Waals surface area contributed by atoms with E-state index in [1.54, 1.807) is 12.1 Å². The molecule has 0 amide bonds. The smallest absolute Gasteiger partial charge is 0.452 e. The largest absolute Gasteiger partial charge is 0.457 e. The second kappa shape index (κ2) is 13.0. The van der Waals surface area contributed by atoms with Gasteiger partial charge in [-0.25, -0.2) is 0 Å². The molecule has 33 heavy (non-hydrogen) atoms. The van der Waals surface area contributed by atoms with Gasteiger partial charge in [-0.15, -0.1) is 0 Å². The molecule has 0 radical (unpaired) electrons. The molecule has 188 valence electrons. The predicted molar refractivity (Wildman–Crippen MR) is 126 cm³/mol. The first-order valence-electron chi connectivity index (χ1n) is 13.3. The highest BCUT2D eigenvalue weighted by atomic mass is 19.4. The Labute approximate surface area is 197 Å². The summed E-state index contributed by atoms with van der Waals surface area (Å²) in [5.74, 6) is 3.50. The summed E-state index contributed by atoms with van der Waals surface area (Å²) in [5, 5.41) is 0. The minimum Gasteiger partial charge on any atom is -0.452 e. The van der Waals surface area contributed by atoms with Crippen LogP contribution in [0, 0.1) is 23.7 Å². The Hall–Kier alpha value is -1.26. The molecular weight excluding hydrogens is 428 g/mol. The zero-order valence-corrected chi connectivity index (χ0v) is 20.2. The molecule has 1 aromatic carbocycles. The molecule has 5 heteroatoms. The van der Waals surface area contributed by atoms with Crippen molar-refractivity contribution in [2.75, 3.05) is 0 Å². The van der Waals surface area contributed by atoms with Crippen molar-refractivity contribution >= 4 is 0 Å². The van der Waals surface area contributed by atoms with Gasteiger partial charge in [-0.3, -0.25) is 0 Å². The molecule has 1 aromatic rings. The molecule has 0 heterocycles. The molecule has 3 rings (SSSR count). The van der Waals surface area contributed by atoms with Crippen molar-refractivity contribution in [2.45, 2.75) is 116 Å². The van der Waals surface area contributed by atoms with Gasteiger partial charge in [-0.05, 0) is 79.9 Å². The monoisotopic (exact) mass is 470 g/mol. The Kier molecular flexibility index (Phi) is 10.4. The maximum absolute atomic E-state index is 13.0. The second-order valence-electron chi connectivity index (χ2n) is 10.6. The maximum Gasteiger partial charge on any atom is 0.457 e. The van der Waals surface area contributed by atoms with Crippen molar-refractivity contribution in [3.63, 3.8) is 0 Å². The fourth-order valence-corrected chi connectivity index (χ4v) is 6.05. The topological polar surface area (TPSA) is 9.23 Å². The van der Waals surface area contributed by atoms with E-state index < -0.39 is 12.5 Å². The lowest BCUT2D eigenvalue weighted by Gasteiger charge is -2.38. The lowest BCUT2D eigenvalue weighted by molar-refractivity contribution is -0.236. The van der Waals surface area contributed by atoms with Gasteiger partial charge in [0, 0.05) is 0 Å². The van der Waals surface area contributed by atoms with E-state index in [2.05, 4.69) is 11.7 Å². The third kappa shape index (κ3) is 8.79. The first-order chi connectivity index (χ1) is 15.8. The Morgan fingerprint density at radius 1 is 0.788 bits per heavy atom. The number of unbranched alkanes of at least 4 members (excludes halogenated alkanes) is 3. The number of rotatable bonds is 11. The summed E-state index contributed by atoms with van der Waals surface area (Å²) in [4.78, 5) is 0. The summed E-state index contributed by atoms with van der Waals surface area (Å²) in [6, 6.07) is 6.38. The normalized spacial score (nSPS) is 27.3. The lowest BCUT2D eigenvalue weighted by atomic mass is 9.68. The molecular formula is C28H42F4O. The number of alkyl halides is 4. The van der Waals surface area contributed by atoms with E-state index in [1.807, 2.05) is 0 Å². The molecule has 1 nitrogen and oxygen atoms in total. The molecule has 2 saturated carbocycles. The van der Waals surface area contributed by atoms with Crippen molar-refractivity contribution in [3.05, 3.63) is 29.8 Å². The molecule has 2 aliphatic carbocycles. The molecule has 0 bridgehead atoms. The minimum atomic E-state index is -4.99. The first-order valence-corrected chi connectivity index (χ1v) is 13.3. The average molecular weight is 471 g/mol. The van der Waals surface area contributed by atoms with Crippen LogP contribution in [-0.4, -0.2) is 12.5 Å². The van der Waals surface area contributed by atoms with Crippen LogP contribution in [0.25, 0.3) is 0 Å². The highest BCUT2D eigenvalue weighted by Gasteiger charge is 2.42. The zero-order chi connectivity index (χ0) is 23.7. The highest BCUT2D eigenvalue weighted by molar-refractivity contribution is 5.27. The van der Waals surface area contributed by atoms with Crippen LogP contribution in [0.1, 0.15) is 102 Å². The Morgan fingerprint density at radius 2 is 1.33 bits per heavy atom. The van der Waals surface area contributed by atoms with Gasteiger partial charge in [0.15, 0.2) is 0 Å². The summed E-state index contributed by atoms with van der Waals surface area (Å²) in [6.07, 6.45) is 11.9. The summed E-state index contributed by atoms with van der Waals surface area (Å²) < 4.78 is 54.2. The average Bonchev–Trinajstić information content (AvgIpc) is 2.81. The summed E-state index contributed by atoms with van der Waals surface area (Å²) in [6.45, 7) is 2.28. The number of halogens is 4. The molecule has 0 spiro atoms. The molecule has 0 N–H and O–H groups in total. The van der Waals surface area contributed by atoms with Gasteiger partial charge in [0.2, 0.25) is 0 Å². The van der Waals surface area contributed by atoms with Gasteiger partial charge in [-0.1, -0.05) is 76.8 Å². The molecule has 2 fully saturated rings. The van der Waals surface area contributed by atoms with Crippen molar-refractivity contribution < 1.29 is 22.3 Å². The standard InChI is InChI=1S/C28H42F4O/c1-2-3-4-5-6-21-9-15-24(16-10-21)25-17-11-22(12-18-25)7-8-23-13-19-26(20-14-23)33-27(29)28(30,31)32/h13-14,19-22,24-25,27H,2-12,15-18H2,1H3/t21-,22-,24-,25-,27?. The van der Waals surface area contributed by atoms with Crippen molar-refractivity contribution in [1.29, 1.82) is 0 Å². The van der Waals surface area contributed by atoms with Gasteiger partial charge in [0.1, 0.15) is 5.75 Å². The van der Waals surface area contributed by atoms with Crippen LogP contribution < -0.4 is 4.74 Å². The van der Waals surface area contributed by atoms with E-state index in [4.69, 9.17) is 0 Å². The van der Waals surface area contributed by atoms with Crippen LogP contribution in [0.5, 0.6) is 5.75 Å². The zero-order valence-electron chi connectivity index (χ0n) is 20.2. The van der Waals surface area contributed by atoms with E-state index in [9.17, 15) is 17.6 Å². The molecule has 2 aliphatic rings. The highest BCUT2D eigenvalue weighted by Crippen LogP contribution is 2.43. The molecule has 0 aromatic heterocycles. The van der Waals surface area contributed by atoms with E-state index >= 15 is 0 Å². The summed E-state index contributed by atoms with van der Waals surface area (Å²) in [5.41, 5.74) is 1.07. The maximum atomic E-state index is 13.0. The van der Waals surface area contributed by atoms with Crippen molar-refractivity contribution in [1.82, 2.24) is 0 Å². The van der Waals surface area contributed by atoms with E-state index in [-0.39, 0.29) is 5.75 Å². The van der Waals surface area contributed by atoms with E-state index in [0.717, 1.165) is 42.1 Å². The number of hydrogen-bond donors (Lipinski definition) is 0. The van der Waals surface area contributed by atoms with Crippen LogP contribution >= 0.6 is 0 Å². The number of hydrogen-bond acceptors (Lipinski definition) is 1. The quantitative estimate of drug-likeness (QED) is 0.231. The minimum absolute atomic E-state index is 0.0836. The van der Waals surface area contributed by atoms with Gasteiger partial charge < -0.3 is 4.74 Å². The lowest BCUT2D eigenvalue weighted by Crippen LogP contribution is -2.29. The third-order valence-corrected chi connectivity index (χ3v) is 8.18. The van der Waals surface area contributed by atoms with Crippen molar-refractivity contribution in [2.24, 2.45) is 23.7 Å². The predicted octanol–water partition coefficient (Wildman–Crippen LogP) is 9.44.